The van der Waals surface area contributed by atoms with Crippen molar-refractivity contribution in [2.45, 2.75) is 6.61 Å². The van der Waals surface area contributed by atoms with Gasteiger partial charge in [-0.1, -0.05) is 17.3 Å². The van der Waals surface area contributed by atoms with Crippen molar-refractivity contribution in [1.82, 2.24) is 0 Å². The Labute approximate surface area is 82.8 Å². The second-order valence-electron chi connectivity index (χ2n) is 2.58. The molecule has 4 heteroatoms. The van der Waals surface area contributed by atoms with Crippen LogP contribution < -0.4 is 4.74 Å². The molecule has 0 bridgehead atoms. The molecule has 0 fully saturated rings. The summed E-state index contributed by atoms with van der Waals surface area (Å²) in [5.41, 5.74) is 0.864. The molecule has 0 spiro atoms. The first-order valence-electron chi connectivity index (χ1n) is 4.24. The molecule has 0 amide bonds. The van der Waals surface area contributed by atoms with E-state index in [1.165, 1.54) is 13.3 Å². The monoisotopic (exact) mass is 195 g/mol. The number of rotatable bonds is 5. The van der Waals surface area contributed by atoms with Crippen LogP contribution >= 0.6 is 0 Å². The highest BCUT2D eigenvalue weighted by molar-refractivity contribution is 5.58. The average Bonchev–Trinajstić information content (AvgIpc) is 2.25. The van der Waals surface area contributed by atoms with Gasteiger partial charge in [0.05, 0.1) is 12.8 Å². The summed E-state index contributed by atoms with van der Waals surface area (Å²) in [4.78, 5) is 4.47. The summed E-state index contributed by atoms with van der Waals surface area (Å²) in [6.45, 7) is 0.414. The van der Waals surface area contributed by atoms with Crippen LogP contribution in [0.1, 0.15) is 5.56 Å². The SMILES string of the molecule is CON=CCOc1ccc(CO)cc1. The van der Waals surface area contributed by atoms with Crippen molar-refractivity contribution in [2.24, 2.45) is 5.16 Å². The Morgan fingerprint density at radius 1 is 1.36 bits per heavy atom. The topological polar surface area (TPSA) is 51.0 Å². The molecule has 1 aromatic carbocycles. The number of oxime groups is 1. The zero-order chi connectivity index (χ0) is 10.2. The second kappa shape index (κ2) is 5.99. The molecule has 4 nitrogen and oxygen atoms in total. The van der Waals surface area contributed by atoms with Crippen LogP contribution in [0, 0.1) is 0 Å². The van der Waals surface area contributed by atoms with Crippen LogP contribution in [-0.4, -0.2) is 25.0 Å². The first kappa shape index (κ1) is 10.5. The van der Waals surface area contributed by atoms with Gasteiger partial charge in [0.1, 0.15) is 19.5 Å². The Hall–Kier alpha value is -1.55. The van der Waals surface area contributed by atoms with Crippen LogP contribution in [0.25, 0.3) is 0 Å². The van der Waals surface area contributed by atoms with Gasteiger partial charge in [0, 0.05) is 0 Å². The molecule has 0 aromatic heterocycles. The molecule has 14 heavy (non-hydrogen) atoms. The minimum absolute atomic E-state index is 0.0470. The van der Waals surface area contributed by atoms with E-state index in [4.69, 9.17) is 9.84 Å². The van der Waals surface area contributed by atoms with Crippen molar-refractivity contribution in [3.05, 3.63) is 29.8 Å². The van der Waals surface area contributed by atoms with Gasteiger partial charge >= 0.3 is 0 Å². The van der Waals surface area contributed by atoms with Crippen molar-refractivity contribution < 1.29 is 14.7 Å². The minimum atomic E-state index is 0.0470. The fraction of sp³-hybridized carbons (Fsp3) is 0.300. The summed E-state index contributed by atoms with van der Waals surface area (Å²) in [6.07, 6.45) is 1.53. The number of aliphatic hydroxyl groups excluding tert-OH is 1. The molecule has 0 unspecified atom stereocenters. The molecule has 1 aromatic rings. The number of hydrogen-bond donors (Lipinski definition) is 1. The number of nitrogens with zero attached hydrogens (tertiary/aromatic N) is 1. The maximum absolute atomic E-state index is 8.80. The quantitative estimate of drug-likeness (QED) is 0.567. The van der Waals surface area contributed by atoms with E-state index < -0.39 is 0 Å². The predicted octanol–water partition coefficient (Wildman–Crippen LogP) is 1.19. The molecule has 1 N–H and O–H groups in total. The lowest BCUT2D eigenvalue weighted by Gasteiger charge is -2.02. The van der Waals surface area contributed by atoms with Gasteiger partial charge in [-0.05, 0) is 17.7 Å². The van der Waals surface area contributed by atoms with E-state index in [2.05, 4.69) is 9.99 Å². The molecule has 0 aliphatic heterocycles. The largest absolute Gasteiger partial charge is 0.488 e. The zero-order valence-corrected chi connectivity index (χ0v) is 8.01. The van der Waals surface area contributed by atoms with E-state index in [1.54, 1.807) is 12.1 Å². The number of aliphatic hydroxyl groups is 1. The van der Waals surface area contributed by atoms with Gasteiger partial charge < -0.3 is 14.7 Å². The van der Waals surface area contributed by atoms with Crippen LogP contribution in [0.15, 0.2) is 29.4 Å². The lowest BCUT2D eigenvalue weighted by atomic mass is 10.2. The van der Waals surface area contributed by atoms with Crippen molar-refractivity contribution in [1.29, 1.82) is 0 Å². The molecule has 0 atom stereocenters. The van der Waals surface area contributed by atoms with Gasteiger partial charge in [0.15, 0.2) is 0 Å². The highest BCUT2D eigenvalue weighted by Crippen LogP contribution is 2.11. The van der Waals surface area contributed by atoms with Gasteiger partial charge in [0.25, 0.3) is 0 Å². The summed E-state index contributed by atoms with van der Waals surface area (Å²) in [5.74, 6) is 0.741. The second-order valence-corrected chi connectivity index (χ2v) is 2.58. The predicted molar refractivity (Wildman–Crippen MR) is 53.4 cm³/mol. The van der Waals surface area contributed by atoms with Gasteiger partial charge in [-0.15, -0.1) is 0 Å². The van der Waals surface area contributed by atoms with Crippen molar-refractivity contribution in [3.63, 3.8) is 0 Å². The van der Waals surface area contributed by atoms with Crippen LogP contribution in [0.4, 0.5) is 0 Å². The summed E-state index contributed by atoms with van der Waals surface area (Å²) in [7, 11) is 1.48. The maximum Gasteiger partial charge on any atom is 0.127 e. The van der Waals surface area contributed by atoms with E-state index >= 15 is 0 Å². The standard InChI is InChI=1S/C10H13NO3/c1-13-11-6-7-14-10-4-2-9(8-12)3-5-10/h2-6,12H,7-8H2,1H3. The van der Waals surface area contributed by atoms with Gasteiger partial charge in [-0.3, -0.25) is 0 Å². The Morgan fingerprint density at radius 2 is 2.07 bits per heavy atom. The lowest BCUT2D eigenvalue weighted by Crippen LogP contribution is -1.98. The van der Waals surface area contributed by atoms with Gasteiger partial charge in [-0.25, -0.2) is 0 Å². The molecule has 0 saturated carbocycles. The molecule has 0 saturated heterocycles. The smallest absolute Gasteiger partial charge is 0.127 e. The lowest BCUT2D eigenvalue weighted by molar-refractivity contribution is 0.212. The summed E-state index contributed by atoms with van der Waals surface area (Å²) in [6, 6.07) is 7.21. The van der Waals surface area contributed by atoms with E-state index in [0.717, 1.165) is 11.3 Å². The first-order chi connectivity index (χ1) is 6.86. The third-order valence-corrected chi connectivity index (χ3v) is 1.61. The Balaban J connectivity index is 2.40. The Morgan fingerprint density at radius 3 is 2.64 bits per heavy atom. The zero-order valence-electron chi connectivity index (χ0n) is 8.01. The highest BCUT2D eigenvalue weighted by Gasteiger charge is 1.92. The fourth-order valence-corrected chi connectivity index (χ4v) is 0.930. The first-order valence-corrected chi connectivity index (χ1v) is 4.24. The third kappa shape index (κ3) is 3.45. The van der Waals surface area contributed by atoms with E-state index in [1.807, 2.05) is 12.1 Å². The van der Waals surface area contributed by atoms with E-state index in [0.29, 0.717) is 6.61 Å². The van der Waals surface area contributed by atoms with E-state index in [9.17, 15) is 0 Å². The minimum Gasteiger partial charge on any atom is -0.488 e. The number of ether oxygens (including phenoxy) is 1. The van der Waals surface area contributed by atoms with Gasteiger partial charge in [0.2, 0.25) is 0 Å². The molecular formula is C10H13NO3. The average molecular weight is 195 g/mol. The van der Waals surface area contributed by atoms with Crippen LogP contribution in [0.3, 0.4) is 0 Å². The Bertz CT molecular complexity index is 282. The molecule has 0 aliphatic carbocycles. The molecule has 76 valence electrons. The third-order valence-electron chi connectivity index (χ3n) is 1.61. The molecule has 0 heterocycles. The molecule has 0 radical (unpaired) electrons. The summed E-state index contributed by atoms with van der Waals surface area (Å²) < 4.78 is 5.30. The molecule has 1 rings (SSSR count). The fourth-order valence-electron chi connectivity index (χ4n) is 0.930. The van der Waals surface area contributed by atoms with Crippen LogP contribution in [-0.2, 0) is 11.4 Å². The molecule has 0 aliphatic rings. The number of hydrogen-bond acceptors (Lipinski definition) is 4. The van der Waals surface area contributed by atoms with Crippen molar-refractivity contribution in [3.8, 4) is 5.75 Å². The Kier molecular flexibility index (Phi) is 4.50. The van der Waals surface area contributed by atoms with Crippen molar-refractivity contribution in [2.75, 3.05) is 13.7 Å². The molecular weight excluding hydrogens is 182 g/mol. The van der Waals surface area contributed by atoms with E-state index in [-0.39, 0.29) is 6.61 Å². The van der Waals surface area contributed by atoms with Crippen LogP contribution in [0.5, 0.6) is 5.75 Å². The normalized spacial score (nSPS) is 10.4. The van der Waals surface area contributed by atoms with Crippen molar-refractivity contribution >= 4 is 6.21 Å². The number of benzene rings is 1. The summed E-state index contributed by atoms with van der Waals surface area (Å²) >= 11 is 0. The highest BCUT2D eigenvalue weighted by atomic mass is 16.6. The van der Waals surface area contributed by atoms with Crippen LogP contribution in [0.2, 0.25) is 0 Å². The maximum atomic E-state index is 8.80. The van der Waals surface area contributed by atoms with Gasteiger partial charge in [-0.2, -0.15) is 0 Å². The summed E-state index contributed by atoms with van der Waals surface area (Å²) in [5, 5.41) is 12.3.